The fraction of sp³-hybridized carbons (Fsp3) is 0.182. The zero-order valence-electron chi connectivity index (χ0n) is 7.73. The molecule has 3 rings (SSSR count). The van der Waals surface area contributed by atoms with Crippen molar-refractivity contribution in [2.45, 2.75) is 12.8 Å². The van der Waals surface area contributed by atoms with E-state index >= 15 is 0 Å². The second kappa shape index (κ2) is 3.31. The summed E-state index contributed by atoms with van der Waals surface area (Å²) in [5.41, 5.74) is 3.10. The molecule has 0 atom stereocenters. The molecule has 0 saturated carbocycles. The number of aryl methyl sites for hydroxylation is 1. The largest absolute Gasteiger partial charge is 0.351 e. The first-order chi connectivity index (χ1) is 7.16. The number of Topliss-reactive ketones (excluding diaryl/α,β-unsaturated/α-hetero) is 1. The van der Waals surface area contributed by atoms with Crippen LogP contribution >= 0.6 is 38.5 Å². The number of carbonyl (C=O) groups excluding carboxylic acids is 1. The van der Waals surface area contributed by atoms with Crippen LogP contribution in [0.25, 0.3) is 10.9 Å². The van der Waals surface area contributed by atoms with Gasteiger partial charge in [0, 0.05) is 19.8 Å². The van der Waals surface area contributed by atoms with Gasteiger partial charge in [-0.15, -0.1) is 0 Å². The first kappa shape index (κ1) is 9.84. The van der Waals surface area contributed by atoms with Crippen molar-refractivity contribution in [3.05, 3.63) is 31.4 Å². The number of hydrogen-bond donors (Lipinski definition) is 1. The van der Waals surface area contributed by atoms with Crippen LogP contribution in [0.3, 0.4) is 0 Å². The third kappa shape index (κ3) is 1.38. The molecule has 1 aliphatic rings. The molecule has 15 heavy (non-hydrogen) atoms. The van der Waals surface area contributed by atoms with Crippen LogP contribution in [0.4, 0.5) is 0 Å². The molecule has 0 fully saturated rings. The van der Waals surface area contributed by atoms with E-state index in [1.165, 1.54) is 10.9 Å². The number of aromatic nitrogens is 1. The van der Waals surface area contributed by atoms with Crippen molar-refractivity contribution in [1.82, 2.24) is 4.98 Å². The average Bonchev–Trinajstić information content (AvgIpc) is 2.68. The van der Waals surface area contributed by atoms with Gasteiger partial charge in [0.1, 0.15) is 0 Å². The Bertz CT molecular complexity index is 588. The topological polar surface area (TPSA) is 32.9 Å². The molecule has 0 unspecified atom stereocenters. The van der Waals surface area contributed by atoms with Crippen LogP contribution in [0, 0.1) is 3.57 Å². The number of nitrogens with one attached hydrogen (secondary N) is 1. The molecule has 4 heteroatoms. The van der Waals surface area contributed by atoms with Crippen molar-refractivity contribution < 1.29 is 4.79 Å². The minimum atomic E-state index is 0.244. The molecule has 76 valence electrons. The summed E-state index contributed by atoms with van der Waals surface area (Å²) in [4.78, 5) is 14.8. The average molecular weight is 376 g/mol. The highest BCUT2D eigenvalue weighted by Gasteiger charge is 2.24. The molecule has 0 spiro atoms. The normalized spacial score (nSPS) is 14.9. The van der Waals surface area contributed by atoms with Gasteiger partial charge in [0.15, 0.2) is 5.78 Å². The molecule has 0 radical (unpaired) electrons. The SMILES string of the molecule is O=C1CCc2c1[nH]c1c(I)cc(Br)cc21. The molecule has 0 saturated heterocycles. The van der Waals surface area contributed by atoms with E-state index < -0.39 is 0 Å². The number of benzene rings is 1. The van der Waals surface area contributed by atoms with Crippen LogP contribution in [0.2, 0.25) is 0 Å². The minimum absolute atomic E-state index is 0.244. The van der Waals surface area contributed by atoms with E-state index in [0.717, 1.165) is 25.7 Å². The minimum Gasteiger partial charge on any atom is -0.351 e. The highest BCUT2D eigenvalue weighted by atomic mass is 127. The maximum absolute atomic E-state index is 11.6. The van der Waals surface area contributed by atoms with Crippen LogP contribution in [-0.4, -0.2) is 10.8 Å². The number of rotatable bonds is 0. The van der Waals surface area contributed by atoms with Gasteiger partial charge in [0.25, 0.3) is 0 Å². The lowest BCUT2D eigenvalue weighted by atomic mass is 10.1. The third-order valence-corrected chi connectivity index (χ3v) is 4.12. The van der Waals surface area contributed by atoms with Crippen molar-refractivity contribution in [2.75, 3.05) is 0 Å². The summed E-state index contributed by atoms with van der Waals surface area (Å²) in [7, 11) is 0. The predicted molar refractivity (Wildman–Crippen MR) is 71.4 cm³/mol. The number of ketones is 1. The molecule has 1 aromatic heterocycles. The van der Waals surface area contributed by atoms with Gasteiger partial charge in [-0.05, 0) is 46.7 Å². The van der Waals surface area contributed by atoms with Crippen molar-refractivity contribution >= 4 is 55.2 Å². The zero-order valence-corrected chi connectivity index (χ0v) is 11.5. The van der Waals surface area contributed by atoms with Crippen molar-refractivity contribution in [2.24, 2.45) is 0 Å². The van der Waals surface area contributed by atoms with Crippen molar-refractivity contribution in [3.8, 4) is 0 Å². The monoisotopic (exact) mass is 375 g/mol. The highest BCUT2D eigenvalue weighted by Crippen LogP contribution is 2.34. The van der Waals surface area contributed by atoms with E-state index in [1.807, 2.05) is 0 Å². The van der Waals surface area contributed by atoms with Crippen LogP contribution in [0.15, 0.2) is 16.6 Å². The summed E-state index contributed by atoms with van der Waals surface area (Å²) in [6, 6.07) is 4.14. The van der Waals surface area contributed by atoms with E-state index in [-0.39, 0.29) is 5.78 Å². The first-order valence-electron chi connectivity index (χ1n) is 4.69. The summed E-state index contributed by atoms with van der Waals surface area (Å²) in [5.74, 6) is 0.244. The fourth-order valence-electron chi connectivity index (χ4n) is 2.13. The Morgan fingerprint density at radius 1 is 1.33 bits per heavy atom. The number of carbonyl (C=O) groups is 1. The zero-order chi connectivity index (χ0) is 10.6. The lowest BCUT2D eigenvalue weighted by Gasteiger charge is -1.98. The van der Waals surface area contributed by atoms with E-state index in [2.05, 4.69) is 55.6 Å². The molecule has 1 heterocycles. The summed E-state index contributed by atoms with van der Waals surface area (Å²) in [6.45, 7) is 0. The van der Waals surface area contributed by atoms with Gasteiger partial charge < -0.3 is 4.98 Å². The van der Waals surface area contributed by atoms with Crippen molar-refractivity contribution in [3.63, 3.8) is 0 Å². The van der Waals surface area contributed by atoms with Gasteiger partial charge in [-0.2, -0.15) is 0 Å². The molecule has 0 amide bonds. The van der Waals surface area contributed by atoms with Gasteiger partial charge in [-0.1, -0.05) is 15.9 Å². The Kier molecular flexibility index (Phi) is 2.17. The molecular weight excluding hydrogens is 369 g/mol. The number of aromatic amines is 1. The Hall–Kier alpha value is -0.360. The molecule has 0 bridgehead atoms. The first-order valence-corrected chi connectivity index (χ1v) is 6.57. The van der Waals surface area contributed by atoms with E-state index in [4.69, 9.17) is 0 Å². The van der Waals surface area contributed by atoms with Gasteiger partial charge in [-0.25, -0.2) is 0 Å². The lowest BCUT2D eigenvalue weighted by molar-refractivity contribution is 0.0991. The van der Waals surface area contributed by atoms with E-state index in [9.17, 15) is 4.79 Å². The molecule has 2 aromatic rings. The van der Waals surface area contributed by atoms with Crippen LogP contribution < -0.4 is 0 Å². The summed E-state index contributed by atoms with van der Waals surface area (Å²) < 4.78 is 2.22. The number of halogens is 2. The number of fused-ring (bicyclic) bond motifs is 3. The Morgan fingerprint density at radius 3 is 2.93 bits per heavy atom. The summed E-state index contributed by atoms with van der Waals surface area (Å²) >= 11 is 5.78. The molecule has 2 nitrogen and oxygen atoms in total. The Balaban J connectivity index is 2.44. The van der Waals surface area contributed by atoms with E-state index in [1.54, 1.807) is 0 Å². The Labute approximate surface area is 109 Å². The number of hydrogen-bond acceptors (Lipinski definition) is 1. The van der Waals surface area contributed by atoms with Gasteiger partial charge >= 0.3 is 0 Å². The molecule has 0 aliphatic heterocycles. The lowest BCUT2D eigenvalue weighted by Crippen LogP contribution is -1.91. The van der Waals surface area contributed by atoms with Gasteiger partial charge in [0.2, 0.25) is 0 Å². The van der Waals surface area contributed by atoms with Gasteiger partial charge in [-0.3, -0.25) is 4.79 Å². The van der Waals surface area contributed by atoms with Crippen LogP contribution in [-0.2, 0) is 6.42 Å². The van der Waals surface area contributed by atoms with E-state index in [0.29, 0.717) is 6.42 Å². The van der Waals surface area contributed by atoms with Crippen LogP contribution in [0.1, 0.15) is 22.5 Å². The maximum Gasteiger partial charge on any atom is 0.179 e. The van der Waals surface area contributed by atoms with Gasteiger partial charge in [0.05, 0.1) is 11.2 Å². The maximum atomic E-state index is 11.6. The second-order valence-electron chi connectivity index (χ2n) is 3.71. The highest BCUT2D eigenvalue weighted by molar-refractivity contribution is 14.1. The summed E-state index contributed by atoms with van der Waals surface area (Å²) in [6.07, 6.45) is 1.53. The second-order valence-corrected chi connectivity index (χ2v) is 5.79. The third-order valence-electron chi connectivity index (χ3n) is 2.81. The molecular formula is C11H7BrINO. The molecule has 1 aliphatic carbocycles. The molecule has 1 aromatic carbocycles. The smallest absolute Gasteiger partial charge is 0.179 e. The molecule has 1 N–H and O–H groups in total. The Morgan fingerprint density at radius 2 is 2.13 bits per heavy atom. The fourth-order valence-corrected chi connectivity index (χ4v) is 3.78. The van der Waals surface area contributed by atoms with Crippen LogP contribution in [0.5, 0.6) is 0 Å². The summed E-state index contributed by atoms with van der Waals surface area (Å²) in [5, 5.41) is 1.19. The quantitative estimate of drug-likeness (QED) is 0.700. The standard InChI is InChI=1S/C11H7BrINO/c12-5-3-7-6-1-2-9(15)11(6)14-10(7)8(13)4-5/h3-4,14H,1-2H2. The predicted octanol–water partition coefficient (Wildman–Crippen LogP) is 3.66. The number of H-pyrrole nitrogens is 1. The van der Waals surface area contributed by atoms with Crippen molar-refractivity contribution in [1.29, 1.82) is 0 Å².